The van der Waals surface area contributed by atoms with Gasteiger partial charge in [0.25, 0.3) is 0 Å². The monoisotopic (exact) mass is 250 g/mol. The molecule has 1 aromatic heterocycles. The molecule has 0 bridgehead atoms. The molecule has 1 rings (SSSR count). The lowest BCUT2D eigenvalue weighted by Crippen LogP contribution is -2.33. The minimum Gasteiger partial charge on any atom is -0.444 e. The second-order valence-electron chi connectivity index (χ2n) is 4.84. The average molecular weight is 250 g/mol. The minimum atomic E-state index is -0.484. The van der Waals surface area contributed by atoms with Crippen molar-refractivity contribution in [2.45, 2.75) is 39.3 Å². The van der Waals surface area contributed by atoms with E-state index in [1.54, 1.807) is 17.0 Å². The molecular weight excluding hydrogens is 232 g/mol. The summed E-state index contributed by atoms with van der Waals surface area (Å²) in [5, 5.41) is 11.4. The number of nitrogens with one attached hydrogen (secondary N) is 1. The van der Waals surface area contributed by atoms with E-state index in [9.17, 15) is 4.79 Å². The van der Waals surface area contributed by atoms with Crippen LogP contribution in [0, 0.1) is 11.3 Å². The Morgan fingerprint density at radius 3 is 2.94 bits per heavy atom. The van der Waals surface area contributed by atoms with Crippen molar-refractivity contribution in [2.75, 3.05) is 6.54 Å². The van der Waals surface area contributed by atoms with Crippen molar-refractivity contribution in [2.24, 2.45) is 0 Å². The van der Waals surface area contributed by atoms with Crippen LogP contribution >= 0.6 is 0 Å². The third-order valence-corrected chi connectivity index (χ3v) is 2.06. The Balaban J connectivity index is 2.24. The number of amides is 1. The Kier molecular flexibility index (Phi) is 4.72. The zero-order chi connectivity index (χ0) is 13.6. The Bertz CT molecular complexity index is 440. The molecule has 6 heteroatoms. The van der Waals surface area contributed by atoms with Crippen molar-refractivity contribution in [1.82, 2.24) is 14.9 Å². The maximum absolute atomic E-state index is 11.3. The van der Waals surface area contributed by atoms with E-state index in [1.165, 1.54) is 0 Å². The lowest BCUT2D eigenvalue weighted by molar-refractivity contribution is 0.0526. The number of aromatic nitrogens is 2. The molecule has 0 fully saturated rings. The second-order valence-corrected chi connectivity index (χ2v) is 4.84. The number of aryl methyl sites for hydroxylation is 1. The highest BCUT2D eigenvalue weighted by Crippen LogP contribution is 2.06. The molecule has 1 aromatic rings. The summed E-state index contributed by atoms with van der Waals surface area (Å²) in [4.78, 5) is 15.2. The van der Waals surface area contributed by atoms with Crippen LogP contribution in [-0.4, -0.2) is 27.8 Å². The lowest BCUT2D eigenvalue weighted by Gasteiger charge is -2.19. The molecular formula is C12H18N4O2. The van der Waals surface area contributed by atoms with E-state index >= 15 is 0 Å². The maximum Gasteiger partial charge on any atom is 0.407 e. The standard InChI is InChI=1S/C12H18N4O2/c1-12(2,3)18-11(17)15-5-4-7-16-8-6-14-10(16)9-13/h6,8H,4-5,7H2,1-3H3,(H,15,17). The molecule has 0 atom stereocenters. The quantitative estimate of drug-likeness (QED) is 0.824. The molecule has 0 aliphatic rings. The number of nitriles is 1. The molecule has 1 heterocycles. The first-order valence-electron chi connectivity index (χ1n) is 5.80. The summed E-state index contributed by atoms with van der Waals surface area (Å²) in [6.45, 7) is 6.59. The van der Waals surface area contributed by atoms with Crippen molar-refractivity contribution < 1.29 is 9.53 Å². The second kappa shape index (κ2) is 6.05. The van der Waals surface area contributed by atoms with E-state index in [1.807, 2.05) is 26.8 Å². The van der Waals surface area contributed by atoms with Gasteiger partial charge < -0.3 is 14.6 Å². The summed E-state index contributed by atoms with van der Waals surface area (Å²) in [7, 11) is 0. The van der Waals surface area contributed by atoms with Gasteiger partial charge in [-0.2, -0.15) is 5.26 Å². The average Bonchev–Trinajstić information content (AvgIpc) is 2.69. The number of carbonyl (C=O) groups is 1. The third-order valence-electron chi connectivity index (χ3n) is 2.06. The van der Waals surface area contributed by atoms with Gasteiger partial charge in [-0.15, -0.1) is 0 Å². The van der Waals surface area contributed by atoms with Gasteiger partial charge in [0.15, 0.2) is 0 Å². The zero-order valence-corrected chi connectivity index (χ0v) is 10.9. The van der Waals surface area contributed by atoms with Crippen LogP contribution in [0.4, 0.5) is 4.79 Å². The van der Waals surface area contributed by atoms with Gasteiger partial charge in [0.1, 0.15) is 11.7 Å². The van der Waals surface area contributed by atoms with Gasteiger partial charge in [0.2, 0.25) is 5.82 Å². The third kappa shape index (κ3) is 4.87. The van der Waals surface area contributed by atoms with Crippen LogP contribution in [-0.2, 0) is 11.3 Å². The highest BCUT2D eigenvalue weighted by atomic mass is 16.6. The van der Waals surface area contributed by atoms with Gasteiger partial charge in [-0.25, -0.2) is 9.78 Å². The summed E-state index contributed by atoms with van der Waals surface area (Å²) in [5.74, 6) is 0.382. The number of hydrogen-bond donors (Lipinski definition) is 1. The predicted octanol–water partition coefficient (Wildman–Crippen LogP) is 1.67. The molecule has 0 saturated carbocycles. The SMILES string of the molecule is CC(C)(C)OC(=O)NCCCn1ccnc1C#N. The van der Waals surface area contributed by atoms with Crippen LogP contribution in [0.1, 0.15) is 33.0 Å². The van der Waals surface area contributed by atoms with Crippen molar-refractivity contribution >= 4 is 6.09 Å². The molecule has 1 amide bonds. The number of carbonyl (C=O) groups excluding carboxylic acids is 1. The number of ether oxygens (including phenoxy) is 1. The largest absolute Gasteiger partial charge is 0.444 e. The number of nitrogens with zero attached hydrogens (tertiary/aromatic N) is 3. The molecule has 0 saturated heterocycles. The minimum absolute atomic E-state index is 0.382. The van der Waals surface area contributed by atoms with Crippen LogP contribution in [0.2, 0.25) is 0 Å². The molecule has 0 unspecified atom stereocenters. The van der Waals surface area contributed by atoms with Gasteiger partial charge in [0.05, 0.1) is 0 Å². The predicted molar refractivity (Wildman–Crippen MR) is 65.8 cm³/mol. The van der Waals surface area contributed by atoms with E-state index in [4.69, 9.17) is 10.00 Å². The first kappa shape index (κ1) is 14.0. The molecule has 0 aliphatic carbocycles. The first-order valence-corrected chi connectivity index (χ1v) is 5.80. The fraction of sp³-hybridized carbons (Fsp3) is 0.583. The van der Waals surface area contributed by atoms with Crippen LogP contribution < -0.4 is 5.32 Å². The van der Waals surface area contributed by atoms with Crippen molar-refractivity contribution in [1.29, 1.82) is 5.26 Å². The topological polar surface area (TPSA) is 79.9 Å². The Morgan fingerprint density at radius 1 is 1.61 bits per heavy atom. The van der Waals surface area contributed by atoms with Gasteiger partial charge in [-0.05, 0) is 27.2 Å². The lowest BCUT2D eigenvalue weighted by atomic mass is 10.2. The van der Waals surface area contributed by atoms with E-state index in [0.717, 1.165) is 0 Å². The molecule has 1 N–H and O–H groups in total. The molecule has 18 heavy (non-hydrogen) atoms. The highest BCUT2D eigenvalue weighted by molar-refractivity contribution is 5.67. The highest BCUT2D eigenvalue weighted by Gasteiger charge is 2.15. The fourth-order valence-electron chi connectivity index (χ4n) is 1.36. The van der Waals surface area contributed by atoms with Gasteiger partial charge in [-0.3, -0.25) is 0 Å². The summed E-state index contributed by atoms with van der Waals surface area (Å²) in [6, 6.07) is 2.00. The van der Waals surface area contributed by atoms with Crippen LogP contribution in [0.3, 0.4) is 0 Å². The van der Waals surface area contributed by atoms with E-state index in [0.29, 0.717) is 25.3 Å². The molecule has 0 spiro atoms. The smallest absolute Gasteiger partial charge is 0.407 e. The summed E-state index contributed by atoms with van der Waals surface area (Å²) in [5.41, 5.74) is -0.484. The Labute approximate surface area is 107 Å². The Hall–Kier alpha value is -2.03. The van der Waals surface area contributed by atoms with Crippen molar-refractivity contribution in [3.8, 4) is 6.07 Å². The number of alkyl carbamates (subject to hydrolysis) is 1. The normalized spacial score (nSPS) is 10.8. The summed E-state index contributed by atoms with van der Waals surface area (Å²) < 4.78 is 6.85. The van der Waals surface area contributed by atoms with E-state index in [2.05, 4.69) is 10.3 Å². The number of hydrogen-bond acceptors (Lipinski definition) is 4. The van der Waals surface area contributed by atoms with E-state index < -0.39 is 11.7 Å². The van der Waals surface area contributed by atoms with Crippen LogP contribution in [0.15, 0.2) is 12.4 Å². The van der Waals surface area contributed by atoms with Crippen LogP contribution in [0.25, 0.3) is 0 Å². The fourth-order valence-corrected chi connectivity index (χ4v) is 1.36. The van der Waals surface area contributed by atoms with Crippen LogP contribution in [0.5, 0.6) is 0 Å². The summed E-state index contributed by atoms with van der Waals surface area (Å²) in [6.07, 6.45) is 3.62. The first-order chi connectivity index (χ1) is 8.42. The summed E-state index contributed by atoms with van der Waals surface area (Å²) >= 11 is 0. The van der Waals surface area contributed by atoms with Gasteiger partial charge >= 0.3 is 6.09 Å². The molecule has 6 nitrogen and oxygen atoms in total. The zero-order valence-electron chi connectivity index (χ0n) is 10.9. The van der Waals surface area contributed by atoms with Gasteiger partial charge in [-0.1, -0.05) is 0 Å². The molecule has 0 aromatic carbocycles. The van der Waals surface area contributed by atoms with E-state index in [-0.39, 0.29) is 0 Å². The van der Waals surface area contributed by atoms with Gasteiger partial charge in [0, 0.05) is 25.5 Å². The van der Waals surface area contributed by atoms with Crippen molar-refractivity contribution in [3.05, 3.63) is 18.2 Å². The maximum atomic E-state index is 11.3. The Morgan fingerprint density at radius 2 is 2.33 bits per heavy atom. The van der Waals surface area contributed by atoms with Crippen molar-refractivity contribution in [3.63, 3.8) is 0 Å². The number of imidazole rings is 1. The number of rotatable bonds is 4. The molecule has 98 valence electrons. The molecule has 0 radical (unpaired) electrons. The molecule has 0 aliphatic heterocycles.